The summed E-state index contributed by atoms with van der Waals surface area (Å²) >= 11 is 12.0. The van der Waals surface area contributed by atoms with Crippen LogP contribution >= 0.6 is 23.2 Å². The van der Waals surface area contributed by atoms with Crippen molar-refractivity contribution in [3.63, 3.8) is 0 Å². The van der Waals surface area contributed by atoms with Crippen LogP contribution in [0.1, 0.15) is 19.9 Å². The molecule has 0 aliphatic carbocycles. The lowest BCUT2D eigenvalue weighted by Crippen LogP contribution is -2.33. The van der Waals surface area contributed by atoms with Gasteiger partial charge in [-0.3, -0.25) is 9.59 Å². The van der Waals surface area contributed by atoms with Gasteiger partial charge in [0.2, 0.25) is 5.91 Å². The third-order valence-corrected chi connectivity index (χ3v) is 4.77. The van der Waals surface area contributed by atoms with Crippen LogP contribution in [-0.4, -0.2) is 22.3 Å². The number of amides is 1. The summed E-state index contributed by atoms with van der Waals surface area (Å²) in [5, 5.41) is 7.83. The Morgan fingerprint density at radius 1 is 1.14 bits per heavy atom. The summed E-state index contributed by atoms with van der Waals surface area (Å²) in [7, 11) is 0. The van der Waals surface area contributed by atoms with Crippen molar-refractivity contribution in [3.05, 3.63) is 75.0 Å². The van der Waals surface area contributed by atoms with E-state index in [9.17, 15) is 9.59 Å². The van der Waals surface area contributed by atoms with Gasteiger partial charge in [0, 0.05) is 16.7 Å². The highest BCUT2D eigenvalue weighted by molar-refractivity contribution is 6.36. The third kappa shape index (κ3) is 4.96. The van der Waals surface area contributed by atoms with Crippen molar-refractivity contribution in [2.75, 3.05) is 11.9 Å². The Balaban J connectivity index is 1.84. The number of ether oxygens (including phenoxy) is 1. The first kappa shape index (κ1) is 20.9. The SMILES string of the molecule is CCOc1ccc(-c2ccc(=O)n(C(C)C(=O)Nc3ccc(Cl)cc3Cl)n2)cc1. The number of aromatic nitrogens is 2. The van der Waals surface area contributed by atoms with Crippen molar-refractivity contribution in [3.8, 4) is 17.0 Å². The van der Waals surface area contributed by atoms with Crippen LogP contribution in [0.15, 0.2) is 59.4 Å². The number of carbonyl (C=O) groups is 1. The fourth-order valence-corrected chi connectivity index (χ4v) is 3.14. The number of nitrogens with zero attached hydrogens (tertiary/aromatic N) is 2. The van der Waals surface area contributed by atoms with Crippen LogP contribution in [0, 0.1) is 0 Å². The molecule has 0 aliphatic heterocycles. The van der Waals surface area contributed by atoms with Gasteiger partial charge in [0.15, 0.2) is 0 Å². The summed E-state index contributed by atoms with van der Waals surface area (Å²) in [6.45, 7) is 4.08. The van der Waals surface area contributed by atoms with Gasteiger partial charge in [-0.05, 0) is 62.4 Å². The largest absolute Gasteiger partial charge is 0.494 e. The Kier molecular flexibility index (Phi) is 6.56. The maximum Gasteiger partial charge on any atom is 0.267 e. The summed E-state index contributed by atoms with van der Waals surface area (Å²) < 4.78 is 6.58. The normalized spacial score (nSPS) is 11.7. The average Bonchev–Trinajstić information content (AvgIpc) is 2.71. The van der Waals surface area contributed by atoms with Crippen molar-refractivity contribution in [1.29, 1.82) is 0 Å². The molecule has 150 valence electrons. The van der Waals surface area contributed by atoms with Crippen LogP contribution in [0.3, 0.4) is 0 Å². The summed E-state index contributed by atoms with van der Waals surface area (Å²) in [6, 6.07) is 14.3. The van der Waals surface area contributed by atoms with Crippen molar-refractivity contribution >= 4 is 34.8 Å². The zero-order chi connectivity index (χ0) is 21.0. The molecule has 1 amide bonds. The molecule has 6 nitrogen and oxygen atoms in total. The second kappa shape index (κ2) is 9.11. The molecule has 1 aromatic heterocycles. The lowest BCUT2D eigenvalue weighted by atomic mass is 10.1. The second-order valence-corrected chi connectivity index (χ2v) is 7.09. The molecule has 0 fully saturated rings. The maximum atomic E-state index is 12.6. The number of rotatable bonds is 6. The highest BCUT2D eigenvalue weighted by Gasteiger charge is 2.19. The smallest absolute Gasteiger partial charge is 0.267 e. The summed E-state index contributed by atoms with van der Waals surface area (Å²) in [6.07, 6.45) is 0. The van der Waals surface area contributed by atoms with Crippen molar-refractivity contribution in [2.45, 2.75) is 19.9 Å². The van der Waals surface area contributed by atoms with Crippen LogP contribution in [0.25, 0.3) is 11.3 Å². The van der Waals surface area contributed by atoms with Gasteiger partial charge in [-0.2, -0.15) is 5.10 Å². The second-order valence-electron chi connectivity index (χ2n) is 6.25. The fourth-order valence-electron chi connectivity index (χ4n) is 2.68. The minimum absolute atomic E-state index is 0.307. The molecule has 1 unspecified atom stereocenters. The van der Waals surface area contributed by atoms with Gasteiger partial charge in [0.25, 0.3) is 5.56 Å². The van der Waals surface area contributed by atoms with Gasteiger partial charge in [0.1, 0.15) is 11.8 Å². The van der Waals surface area contributed by atoms with Gasteiger partial charge in [-0.15, -0.1) is 0 Å². The van der Waals surface area contributed by atoms with Crippen LogP contribution < -0.4 is 15.6 Å². The van der Waals surface area contributed by atoms with Crippen molar-refractivity contribution < 1.29 is 9.53 Å². The molecule has 8 heteroatoms. The van der Waals surface area contributed by atoms with E-state index < -0.39 is 11.9 Å². The van der Waals surface area contributed by atoms with E-state index in [2.05, 4.69) is 10.4 Å². The van der Waals surface area contributed by atoms with Crippen LogP contribution in [0.2, 0.25) is 10.0 Å². The summed E-state index contributed by atoms with van der Waals surface area (Å²) in [5.74, 6) is 0.324. The molecule has 0 saturated carbocycles. The molecule has 0 saturated heterocycles. The minimum Gasteiger partial charge on any atom is -0.494 e. The summed E-state index contributed by atoms with van der Waals surface area (Å²) in [5.41, 5.74) is 1.39. The number of carbonyl (C=O) groups excluding carboxylic acids is 1. The van der Waals surface area contributed by atoms with Gasteiger partial charge < -0.3 is 10.1 Å². The molecule has 0 radical (unpaired) electrons. The maximum absolute atomic E-state index is 12.6. The standard InChI is InChI=1S/C21H19Cl2N3O3/c1-3-29-16-7-4-14(5-8-16)18-10-11-20(27)26(25-18)13(2)21(28)24-19-9-6-15(22)12-17(19)23/h4-13H,3H2,1-2H3,(H,24,28). The van der Waals surface area contributed by atoms with Crippen LogP contribution in [0.5, 0.6) is 5.75 Å². The molecule has 3 aromatic rings. The van der Waals surface area contributed by atoms with E-state index in [1.807, 2.05) is 31.2 Å². The van der Waals surface area contributed by atoms with Gasteiger partial charge in [-0.1, -0.05) is 23.2 Å². The highest BCUT2D eigenvalue weighted by Crippen LogP contribution is 2.26. The van der Waals surface area contributed by atoms with E-state index in [1.165, 1.54) is 12.1 Å². The predicted octanol–water partition coefficient (Wildman–Crippen LogP) is 4.82. The Morgan fingerprint density at radius 2 is 1.86 bits per heavy atom. The quantitative estimate of drug-likeness (QED) is 0.607. The number of hydrogen-bond donors (Lipinski definition) is 1. The van der Waals surface area contributed by atoms with Crippen LogP contribution in [-0.2, 0) is 4.79 Å². The number of benzene rings is 2. The number of anilines is 1. The molecule has 29 heavy (non-hydrogen) atoms. The number of nitrogens with one attached hydrogen (secondary N) is 1. The molecule has 0 spiro atoms. The number of hydrogen-bond acceptors (Lipinski definition) is 4. The molecule has 2 aromatic carbocycles. The Hall–Kier alpha value is -2.83. The average molecular weight is 432 g/mol. The molecule has 3 rings (SSSR count). The lowest BCUT2D eigenvalue weighted by molar-refractivity contribution is -0.119. The lowest BCUT2D eigenvalue weighted by Gasteiger charge is -2.16. The Bertz CT molecular complexity index is 1080. The van der Waals surface area contributed by atoms with Crippen LogP contribution in [0.4, 0.5) is 5.69 Å². The molecular weight excluding hydrogens is 413 g/mol. The zero-order valence-electron chi connectivity index (χ0n) is 15.9. The Morgan fingerprint density at radius 3 is 2.52 bits per heavy atom. The van der Waals surface area contributed by atoms with E-state index in [-0.39, 0.29) is 5.56 Å². The van der Waals surface area contributed by atoms with E-state index >= 15 is 0 Å². The zero-order valence-corrected chi connectivity index (χ0v) is 17.4. The Labute approximate surface area is 178 Å². The van der Waals surface area contributed by atoms with Gasteiger partial charge >= 0.3 is 0 Å². The molecule has 1 N–H and O–H groups in total. The van der Waals surface area contributed by atoms with Gasteiger partial charge in [-0.25, -0.2) is 4.68 Å². The third-order valence-electron chi connectivity index (χ3n) is 4.22. The van der Waals surface area contributed by atoms with E-state index in [1.54, 1.807) is 25.1 Å². The monoisotopic (exact) mass is 431 g/mol. The first-order valence-corrected chi connectivity index (χ1v) is 9.73. The molecule has 0 aliphatic rings. The highest BCUT2D eigenvalue weighted by atomic mass is 35.5. The van der Waals surface area contributed by atoms with Crippen molar-refractivity contribution in [1.82, 2.24) is 9.78 Å². The minimum atomic E-state index is -0.850. The first-order chi connectivity index (χ1) is 13.9. The molecule has 1 atom stereocenters. The van der Waals surface area contributed by atoms with Crippen molar-refractivity contribution in [2.24, 2.45) is 0 Å². The molecule has 1 heterocycles. The summed E-state index contributed by atoms with van der Waals surface area (Å²) in [4.78, 5) is 25.0. The van der Waals surface area contributed by atoms with E-state index in [4.69, 9.17) is 27.9 Å². The van der Waals surface area contributed by atoms with E-state index in [0.29, 0.717) is 28.0 Å². The predicted molar refractivity (Wildman–Crippen MR) is 115 cm³/mol. The van der Waals surface area contributed by atoms with Gasteiger partial charge in [0.05, 0.1) is 23.0 Å². The topological polar surface area (TPSA) is 73.2 Å². The first-order valence-electron chi connectivity index (χ1n) is 8.98. The molecule has 0 bridgehead atoms. The fraction of sp³-hybridized carbons (Fsp3) is 0.190. The molecular formula is C21H19Cl2N3O3. The number of halogens is 2. The van der Waals surface area contributed by atoms with E-state index in [0.717, 1.165) is 16.0 Å².